The molecule has 0 atom stereocenters. The molecule has 3 nitrogen and oxygen atoms in total. The number of nitrogens with two attached hydrogens (primary N) is 1. The van der Waals surface area contributed by atoms with Crippen LogP contribution >= 0.6 is 0 Å². The fraction of sp³-hybridized carbons (Fsp3) is 0.0769. The molecular weight excluding hydrogens is 200 g/mol. The molecule has 2 aromatic carbocycles. The van der Waals surface area contributed by atoms with Gasteiger partial charge in [-0.05, 0) is 17.7 Å². The molecule has 0 heterocycles. The van der Waals surface area contributed by atoms with Gasteiger partial charge in [-0.25, -0.2) is 0 Å². The van der Waals surface area contributed by atoms with Crippen molar-refractivity contribution in [1.29, 1.82) is 0 Å². The molecule has 0 aliphatic carbocycles. The van der Waals surface area contributed by atoms with E-state index in [1.165, 1.54) is 0 Å². The van der Waals surface area contributed by atoms with Crippen molar-refractivity contribution in [3.63, 3.8) is 0 Å². The van der Waals surface area contributed by atoms with Gasteiger partial charge in [0.25, 0.3) is 0 Å². The second kappa shape index (κ2) is 5.19. The molecule has 0 bridgehead atoms. The average molecular weight is 214 g/mol. The number of rotatable bonds is 4. The van der Waals surface area contributed by atoms with Crippen LogP contribution in [0.5, 0.6) is 5.75 Å². The molecular formula is C13H14N2O. The maximum absolute atomic E-state index is 5.64. The Hall–Kier alpha value is -2.00. The molecule has 0 radical (unpaired) electrons. The molecule has 2 aromatic rings. The molecule has 0 aliphatic heterocycles. The van der Waals surface area contributed by atoms with Crippen molar-refractivity contribution in [3.8, 4) is 5.75 Å². The van der Waals surface area contributed by atoms with Crippen molar-refractivity contribution in [3.05, 3.63) is 60.2 Å². The summed E-state index contributed by atoms with van der Waals surface area (Å²) in [5.41, 5.74) is 4.57. The summed E-state index contributed by atoms with van der Waals surface area (Å²) >= 11 is 0. The van der Waals surface area contributed by atoms with E-state index in [0.717, 1.165) is 17.0 Å². The first-order chi connectivity index (χ1) is 7.88. The Morgan fingerprint density at radius 2 is 1.81 bits per heavy atom. The van der Waals surface area contributed by atoms with Gasteiger partial charge in [0.15, 0.2) is 0 Å². The third-order valence-corrected chi connectivity index (χ3v) is 2.25. The zero-order valence-electron chi connectivity index (χ0n) is 8.89. The Labute approximate surface area is 94.8 Å². The third kappa shape index (κ3) is 2.74. The number of hydrogen-bond donors (Lipinski definition) is 2. The topological polar surface area (TPSA) is 47.3 Å². The standard InChI is InChI=1S/C13H14N2O/c14-15-12-7-4-8-13(9-12)16-10-11-5-2-1-3-6-11/h1-9,15H,10,14H2. The zero-order chi connectivity index (χ0) is 11.2. The predicted molar refractivity (Wildman–Crippen MR) is 65.0 cm³/mol. The fourth-order valence-corrected chi connectivity index (χ4v) is 1.42. The number of hydrazine groups is 1. The van der Waals surface area contributed by atoms with Gasteiger partial charge in [0, 0.05) is 6.07 Å². The average Bonchev–Trinajstić information content (AvgIpc) is 2.38. The van der Waals surface area contributed by atoms with E-state index in [1.54, 1.807) is 0 Å². The summed E-state index contributed by atoms with van der Waals surface area (Å²) in [5.74, 6) is 6.13. The van der Waals surface area contributed by atoms with E-state index in [9.17, 15) is 0 Å². The van der Waals surface area contributed by atoms with Crippen LogP contribution in [-0.4, -0.2) is 0 Å². The number of nitrogen functional groups attached to an aromatic ring is 1. The van der Waals surface area contributed by atoms with E-state index >= 15 is 0 Å². The van der Waals surface area contributed by atoms with Gasteiger partial charge in [-0.1, -0.05) is 36.4 Å². The van der Waals surface area contributed by atoms with Crippen LogP contribution in [0.1, 0.15) is 5.56 Å². The molecule has 16 heavy (non-hydrogen) atoms. The van der Waals surface area contributed by atoms with Crippen molar-refractivity contribution in [2.24, 2.45) is 5.84 Å². The van der Waals surface area contributed by atoms with Crippen LogP contribution in [0.2, 0.25) is 0 Å². The molecule has 3 heteroatoms. The Kier molecular flexibility index (Phi) is 3.41. The smallest absolute Gasteiger partial charge is 0.121 e. The summed E-state index contributed by atoms with van der Waals surface area (Å²) in [6.07, 6.45) is 0. The minimum absolute atomic E-state index is 0.564. The highest BCUT2D eigenvalue weighted by molar-refractivity contribution is 5.47. The first-order valence-electron chi connectivity index (χ1n) is 5.12. The van der Waals surface area contributed by atoms with E-state index in [0.29, 0.717) is 6.61 Å². The second-order valence-electron chi connectivity index (χ2n) is 3.45. The van der Waals surface area contributed by atoms with Crippen LogP contribution < -0.4 is 16.0 Å². The van der Waals surface area contributed by atoms with Crippen LogP contribution in [-0.2, 0) is 6.61 Å². The number of anilines is 1. The number of hydrogen-bond acceptors (Lipinski definition) is 3. The summed E-state index contributed by atoms with van der Waals surface area (Å²) in [4.78, 5) is 0. The molecule has 0 fully saturated rings. The minimum Gasteiger partial charge on any atom is -0.489 e. The largest absolute Gasteiger partial charge is 0.489 e. The van der Waals surface area contributed by atoms with E-state index in [2.05, 4.69) is 5.43 Å². The van der Waals surface area contributed by atoms with Gasteiger partial charge in [0.05, 0.1) is 5.69 Å². The van der Waals surface area contributed by atoms with Gasteiger partial charge >= 0.3 is 0 Å². The number of ether oxygens (including phenoxy) is 1. The lowest BCUT2D eigenvalue weighted by atomic mass is 10.2. The maximum atomic E-state index is 5.64. The van der Waals surface area contributed by atoms with Crippen LogP contribution in [0.4, 0.5) is 5.69 Å². The molecule has 2 rings (SSSR count). The highest BCUT2D eigenvalue weighted by Crippen LogP contribution is 2.17. The van der Waals surface area contributed by atoms with Gasteiger partial charge in [-0.2, -0.15) is 0 Å². The van der Waals surface area contributed by atoms with E-state index < -0.39 is 0 Å². The lowest BCUT2D eigenvalue weighted by molar-refractivity contribution is 0.306. The highest BCUT2D eigenvalue weighted by Gasteiger charge is 1.96. The first-order valence-corrected chi connectivity index (χ1v) is 5.12. The van der Waals surface area contributed by atoms with Gasteiger partial charge < -0.3 is 10.2 Å². The Balaban J connectivity index is 1.99. The first kappa shape index (κ1) is 10.5. The van der Waals surface area contributed by atoms with Crippen LogP contribution in [0.3, 0.4) is 0 Å². The molecule has 0 saturated carbocycles. The predicted octanol–water partition coefficient (Wildman–Crippen LogP) is 2.55. The summed E-state index contributed by atoms with van der Waals surface area (Å²) < 4.78 is 5.64. The Morgan fingerprint density at radius 3 is 2.56 bits per heavy atom. The van der Waals surface area contributed by atoms with Gasteiger partial charge in [0.1, 0.15) is 12.4 Å². The van der Waals surface area contributed by atoms with Crippen LogP contribution in [0, 0.1) is 0 Å². The lowest BCUT2D eigenvalue weighted by Crippen LogP contribution is -2.06. The van der Waals surface area contributed by atoms with E-state index in [-0.39, 0.29) is 0 Å². The van der Waals surface area contributed by atoms with Crippen molar-refractivity contribution in [2.75, 3.05) is 5.43 Å². The molecule has 0 unspecified atom stereocenters. The Bertz CT molecular complexity index is 443. The fourth-order valence-electron chi connectivity index (χ4n) is 1.42. The van der Waals surface area contributed by atoms with Crippen molar-refractivity contribution >= 4 is 5.69 Å². The minimum atomic E-state index is 0.564. The van der Waals surface area contributed by atoms with Gasteiger partial charge in [-0.3, -0.25) is 5.84 Å². The quantitative estimate of drug-likeness (QED) is 0.607. The zero-order valence-corrected chi connectivity index (χ0v) is 8.89. The summed E-state index contributed by atoms with van der Waals surface area (Å²) in [7, 11) is 0. The van der Waals surface area contributed by atoms with E-state index in [4.69, 9.17) is 10.6 Å². The lowest BCUT2D eigenvalue weighted by Gasteiger charge is -2.07. The van der Waals surface area contributed by atoms with E-state index in [1.807, 2.05) is 54.6 Å². The molecule has 0 amide bonds. The highest BCUT2D eigenvalue weighted by atomic mass is 16.5. The molecule has 82 valence electrons. The van der Waals surface area contributed by atoms with Crippen LogP contribution in [0.25, 0.3) is 0 Å². The normalized spacial score (nSPS) is 9.81. The van der Waals surface area contributed by atoms with Gasteiger partial charge in [0.2, 0.25) is 0 Å². The van der Waals surface area contributed by atoms with Crippen LogP contribution in [0.15, 0.2) is 54.6 Å². The van der Waals surface area contributed by atoms with Gasteiger partial charge in [-0.15, -0.1) is 0 Å². The molecule has 0 aromatic heterocycles. The number of nitrogens with one attached hydrogen (secondary N) is 1. The summed E-state index contributed by atoms with van der Waals surface area (Å²) in [5, 5.41) is 0. The maximum Gasteiger partial charge on any atom is 0.121 e. The molecule has 0 saturated heterocycles. The van der Waals surface area contributed by atoms with Crippen molar-refractivity contribution < 1.29 is 4.74 Å². The summed E-state index contributed by atoms with van der Waals surface area (Å²) in [6, 6.07) is 17.6. The SMILES string of the molecule is NNc1cccc(OCc2ccccc2)c1. The Morgan fingerprint density at radius 1 is 1.00 bits per heavy atom. The van der Waals surface area contributed by atoms with Crippen molar-refractivity contribution in [1.82, 2.24) is 0 Å². The summed E-state index contributed by atoms with van der Waals surface area (Å²) in [6.45, 7) is 0.564. The number of benzene rings is 2. The molecule has 3 N–H and O–H groups in total. The molecule has 0 aliphatic rings. The second-order valence-corrected chi connectivity index (χ2v) is 3.45. The molecule has 0 spiro atoms. The van der Waals surface area contributed by atoms with Crippen molar-refractivity contribution in [2.45, 2.75) is 6.61 Å². The third-order valence-electron chi connectivity index (χ3n) is 2.25. The monoisotopic (exact) mass is 214 g/mol.